The Labute approximate surface area is 89.7 Å². The molecule has 0 N–H and O–H groups in total. The second-order valence-electron chi connectivity index (χ2n) is 3.13. The van der Waals surface area contributed by atoms with Crippen molar-refractivity contribution in [1.82, 2.24) is 4.90 Å². The van der Waals surface area contributed by atoms with Gasteiger partial charge in [0, 0.05) is 27.8 Å². The molecule has 0 unspecified atom stereocenters. The van der Waals surface area contributed by atoms with Crippen LogP contribution >= 0.6 is 27.3 Å². The summed E-state index contributed by atoms with van der Waals surface area (Å²) in [6, 6.07) is 0. The maximum Gasteiger partial charge on any atom is 0.209 e. The van der Waals surface area contributed by atoms with Gasteiger partial charge in [0.05, 0.1) is 0 Å². The van der Waals surface area contributed by atoms with Crippen LogP contribution in [0.15, 0.2) is 9.85 Å². The predicted molar refractivity (Wildman–Crippen MR) is 57.1 cm³/mol. The summed E-state index contributed by atoms with van der Waals surface area (Å²) in [5, 5.41) is 2.14. The van der Waals surface area contributed by atoms with Gasteiger partial charge in [-0.1, -0.05) is 0 Å². The first-order chi connectivity index (χ1) is 6.31. The standard InChI is InChI=1S/C9H10BrNOS/c10-8-5-13-9-2-4-11(6-12)3-1-7(8)9/h5-6H,1-4H2. The van der Waals surface area contributed by atoms with Gasteiger partial charge in [-0.15, -0.1) is 11.3 Å². The van der Waals surface area contributed by atoms with Crippen molar-refractivity contribution in [2.45, 2.75) is 12.8 Å². The Hall–Kier alpha value is -0.350. The van der Waals surface area contributed by atoms with Crippen molar-refractivity contribution in [3.63, 3.8) is 0 Å². The molecule has 1 aromatic rings. The minimum Gasteiger partial charge on any atom is -0.345 e. The molecule has 2 heterocycles. The SMILES string of the molecule is O=CN1CCc2scc(Br)c2CC1. The molecule has 0 atom stereocenters. The molecule has 1 aliphatic heterocycles. The highest BCUT2D eigenvalue weighted by atomic mass is 79.9. The van der Waals surface area contributed by atoms with Crippen LogP contribution < -0.4 is 0 Å². The van der Waals surface area contributed by atoms with Gasteiger partial charge in [-0.2, -0.15) is 0 Å². The largest absolute Gasteiger partial charge is 0.345 e. The molecule has 1 aromatic heterocycles. The normalized spacial score (nSPS) is 16.5. The summed E-state index contributed by atoms with van der Waals surface area (Å²) in [5.41, 5.74) is 1.40. The zero-order chi connectivity index (χ0) is 9.26. The van der Waals surface area contributed by atoms with Gasteiger partial charge in [-0.3, -0.25) is 4.79 Å². The molecule has 2 nitrogen and oxygen atoms in total. The van der Waals surface area contributed by atoms with Crippen molar-refractivity contribution in [1.29, 1.82) is 0 Å². The molecule has 1 aliphatic rings. The maximum absolute atomic E-state index is 10.6. The first kappa shape index (κ1) is 9.21. The van der Waals surface area contributed by atoms with E-state index >= 15 is 0 Å². The Kier molecular flexibility index (Phi) is 2.69. The van der Waals surface area contributed by atoms with Crippen molar-refractivity contribution in [3.05, 3.63) is 20.3 Å². The number of rotatable bonds is 1. The number of amides is 1. The average molecular weight is 260 g/mol. The Morgan fingerprint density at radius 1 is 1.46 bits per heavy atom. The first-order valence-electron chi connectivity index (χ1n) is 4.25. The lowest BCUT2D eigenvalue weighted by atomic mass is 10.2. The van der Waals surface area contributed by atoms with E-state index in [4.69, 9.17) is 0 Å². The van der Waals surface area contributed by atoms with Crippen molar-refractivity contribution >= 4 is 33.7 Å². The molecule has 1 amide bonds. The van der Waals surface area contributed by atoms with E-state index in [1.54, 1.807) is 11.3 Å². The molecule has 4 heteroatoms. The zero-order valence-electron chi connectivity index (χ0n) is 7.12. The topological polar surface area (TPSA) is 20.3 Å². The van der Waals surface area contributed by atoms with E-state index in [2.05, 4.69) is 21.3 Å². The molecule has 0 saturated heterocycles. The summed E-state index contributed by atoms with van der Waals surface area (Å²) in [5.74, 6) is 0. The van der Waals surface area contributed by atoms with Crippen LogP contribution in [0.5, 0.6) is 0 Å². The van der Waals surface area contributed by atoms with Gasteiger partial charge < -0.3 is 4.90 Å². The third kappa shape index (κ3) is 1.79. The summed E-state index contributed by atoms with van der Waals surface area (Å²) < 4.78 is 1.21. The minimum absolute atomic E-state index is 0.853. The lowest BCUT2D eigenvalue weighted by Crippen LogP contribution is -2.24. The smallest absolute Gasteiger partial charge is 0.209 e. The number of thiophene rings is 1. The molecular formula is C9H10BrNOS. The Balaban J connectivity index is 2.22. The minimum atomic E-state index is 0.853. The fraction of sp³-hybridized carbons (Fsp3) is 0.444. The lowest BCUT2D eigenvalue weighted by molar-refractivity contribution is -0.118. The van der Waals surface area contributed by atoms with E-state index in [-0.39, 0.29) is 0 Å². The van der Waals surface area contributed by atoms with Crippen LogP contribution in [0.25, 0.3) is 0 Å². The second-order valence-corrected chi connectivity index (χ2v) is 4.95. The fourth-order valence-corrected chi connectivity index (χ4v) is 3.39. The van der Waals surface area contributed by atoms with E-state index in [1.807, 2.05) is 4.90 Å². The highest BCUT2D eigenvalue weighted by Gasteiger charge is 2.15. The quantitative estimate of drug-likeness (QED) is 0.708. The highest BCUT2D eigenvalue weighted by molar-refractivity contribution is 9.10. The molecule has 0 aromatic carbocycles. The van der Waals surface area contributed by atoms with Crippen LogP contribution in [-0.2, 0) is 17.6 Å². The van der Waals surface area contributed by atoms with Gasteiger partial charge in [0.2, 0.25) is 6.41 Å². The predicted octanol–water partition coefficient (Wildman–Crippen LogP) is 2.07. The molecule has 70 valence electrons. The molecule has 0 spiro atoms. The fourth-order valence-electron chi connectivity index (χ4n) is 1.58. The summed E-state index contributed by atoms with van der Waals surface area (Å²) in [4.78, 5) is 13.9. The summed E-state index contributed by atoms with van der Waals surface area (Å²) in [6.07, 6.45) is 2.94. The van der Waals surface area contributed by atoms with E-state index in [9.17, 15) is 4.79 Å². The number of hydrogen-bond donors (Lipinski definition) is 0. The average Bonchev–Trinajstić information content (AvgIpc) is 2.38. The van der Waals surface area contributed by atoms with E-state index < -0.39 is 0 Å². The number of fused-ring (bicyclic) bond motifs is 1. The zero-order valence-corrected chi connectivity index (χ0v) is 9.53. The van der Waals surface area contributed by atoms with Crippen LogP contribution in [0.3, 0.4) is 0 Å². The van der Waals surface area contributed by atoms with Gasteiger partial charge in [-0.25, -0.2) is 0 Å². The van der Waals surface area contributed by atoms with Crippen LogP contribution in [0.4, 0.5) is 0 Å². The van der Waals surface area contributed by atoms with E-state index in [0.717, 1.165) is 32.3 Å². The molecule has 0 saturated carbocycles. The number of carbonyl (C=O) groups excluding carboxylic acids is 1. The van der Waals surface area contributed by atoms with Gasteiger partial charge in [0.25, 0.3) is 0 Å². The van der Waals surface area contributed by atoms with Crippen molar-refractivity contribution in [3.8, 4) is 0 Å². The highest BCUT2D eigenvalue weighted by Crippen LogP contribution is 2.29. The Bertz CT molecular complexity index is 323. The number of halogens is 1. The molecule has 13 heavy (non-hydrogen) atoms. The van der Waals surface area contributed by atoms with Crippen LogP contribution in [0.2, 0.25) is 0 Å². The van der Waals surface area contributed by atoms with E-state index in [1.165, 1.54) is 14.9 Å². The third-order valence-electron chi connectivity index (χ3n) is 2.35. The van der Waals surface area contributed by atoms with Gasteiger partial charge in [-0.05, 0) is 34.3 Å². The molecule has 0 fully saturated rings. The first-order valence-corrected chi connectivity index (χ1v) is 5.92. The van der Waals surface area contributed by atoms with Crippen molar-refractivity contribution in [2.75, 3.05) is 13.1 Å². The summed E-state index contributed by atoms with van der Waals surface area (Å²) >= 11 is 5.32. The number of nitrogens with zero attached hydrogens (tertiary/aromatic N) is 1. The summed E-state index contributed by atoms with van der Waals surface area (Å²) in [7, 11) is 0. The molecule has 2 rings (SSSR count). The molecule has 0 bridgehead atoms. The molecule has 0 radical (unpaired) electrons. The summed E-state index contributed by atoms with van der Waals surface area (Å²) in [6.45, 7) is 1.72. The maximum atomic E-state index is 10.6. The van der Waals surface area contributed by atoms with Crippen LogP contribution in [0.1, 0.15) is 10.4 Å². The van der Waals surface area contributed by atoms with E-state index in [0.29, 0.717) is 0 Å². The van der Waals surface area contributed by atoms with Gasteiger partial charge in [0.1, 0.15) is 0 Å². The second kappa shape index (κ2) is 3.80. The van der Waals surface area contributed by atoms with Crippen molar-refractivity contribution < 1.29 is 4.79 Å². The van der Waals surface area contributed by atoms with Crippen LogP contribution in [0, 0.1) is 0 Å². The lowest BCUT2D eigenvalue weighted by Gasteiger charge is -2.12. The molecule has 0 aliphatic carbocycles. The van der Waals surface area contributed by atoms with Crippen LogP contribution in [-0.4, -0.2) is 24.4 Å². The van der Waals surface area contributed by atoms with Gasteiger partial charge in [0.15, 0.2) is 0 Å². The number of hydrogen-bond acceptors (Lipinski definition) is 2. The van der Waals surface area contributed by atoms with Crippen molar-refractivity contribution in [2.24, 2.45) is 0 Å². The van der Waals surface area contributed by atoms with Gasteiger partial charge >= 0.3 is 0 Å². The monoisotopic (exact) mass is 259 g/mol. The number of carbonyl (C=O) groups is 1. The Morgan fingerprint density at radius 2 is 2.23 bits per heavy atom. The Morgan fingerprint density at radius 3 is 3.00 bits per heavy atom. The third-order valence-corrected chi connectivity index (χ3v) is 4.45. The molecular weight excluding hydrogens is 250 g/mol.